The Morgan fingerprint density at radius 2 is 1.67 bits per heavy atom. The molecule has 1 aromatic carbocycles. The molecule has 0 aliphatic heterocycles. The van der Waals surface area contributed by atoms with Crippen LogP contribution in [-0.2, 0) is 23.7 Å². The first kappa shape index (κ1) is 28.7. The number of aryl methyl sites for hydroxylation is 2. The van der Waals surface area contributed by atoms with Gasteiger partial charge >= 0.3 is 0 Å². The highest BCUT2D eigenvalue weighted by Crippen LogP contribution is 2.39. The molecular weight excluding hydrogens is 486 g/mol. The zero-order valence-electron chi connectivity index (χ0n) is 25.4. The number of H-pyrrole nitrogens is 1. The van der Waals surface area contributed by atoms with Gasteiger partial charge in [0.15, 0.2) is 5.65 Å². The zero-order valence-corrected chi connectivity index (χ0v) is 25.4. The molecule has 1 unspecified atom stereocenters. The molecule has 39 heavy (non-hydrogen) atoms. The fraction of sp³-hybridized carbons (Fsp3) is 0.581. The van der Waals surface area contributed by atoms with Crippen LogP contribution in [0.15, 0.2) is 30.3 Å². The van der Waals surface area contributed by atoms with Crippen molar-refractivity contribution in [1.82, 2.24) is 29.6 Å². The minimum Gasteiger partial charge on any atom is -0.488 e. The van der Waals surface area contributed by atoms with Gasteiger partial charge in [-0.1, -0.05) is 74.4 Å². The van der Waals surface area contributed by atoms with E-state index in [9.17, 15) is 0 Å². The Balaban J connectivity index is 1.54. The maximum Gasteiger partial charge on any atom is 0.271 e. The summed E-state index contributed by atoms with van der Waals surface area (Å²) in [6, 6.07) is 10.9. The molecule has 2 N–H and O–H groups in total. The number of anilines is 1. The Morgan fingerprint density at radius 3 is 2.31 bits per heavy atom. The van der Waals surface area contributed by atoms with Gasteiger partial charge in [0.05, 0.1) is 12.2 Å². The molecule has 3 heterocycles. The summed E-state index contributed by atoms with van der Waals surface area (Å²) >= 11 is 0. The lowest BCUT2D eigenvalue weighted by atomic mass is 9.76. The average molecular weight is 534 g/mol. The predicted molar refractivity (Wildman–Crippen MR) is 159 cm³/mol. The SMILES string of the molecule is CCc1cc(CC)n(-c2nnc3cc(NCC(CC)Oc4ccc(C(C)(C)CC)cc4C(C)(C)CC)[nH]n23)n1. The molecular formula is C31H47N7O. The summed E-state index contributed by atoms with van der Waals surface area (Å²) in [5, 5.41) is 20.4. The number of hydrogen-bond donors (Lipinski definition) is 2. The minimum absolute atomic E-state index is 0.0135. The lowest BCUT2D eigenvalue weighted by Gasteiger charge is -2.31. The van der Waals surface area contributed by atoms with Crippen molar-refractivity contribution in [3.05, 3.63) is 52.8 Å². The largest absolute Gasteiger partial charge is 0.488 e. The van der Waals surface area contributed by atoms with Gasteiger partial charge in [-0.25, -0.2) is 4.68 Å². The van der Waals surface area contributed by atoms with Crippen molar-refractivity contribution in [2.45, 2.75) is 111 Å². The number of rotatable bonds is 13. The first-order valence-corrected chi connectivity index (χ1v) is 14.6. The summed E-state index contributed by atoms with van der Waals surface area (Å²) in [7, 11) is 0. The van der Waals surface area contributed by atoms with Crippen LogP contribution in [0, 0.1) is 0 Å². The number of benzene rings is 1. The molecule has 1 atom stereocenters. The Labute approximate surface area is 233 Å². The topological polar surface area (TPSA) is 85.1 Å². The molecule has 0 aliphatic carbocycles. The average Bonchev–Trinajstić information content (AvgIpc) is 3.64. The van der Waals surface area contributed by atoms with Crippen LogP contribution in [0.1, 0.15) is 104 Å². The Kier molecular flexibility index (Phi) is 8.42. The van der Waals surface area contributed by atoms with E-state index in [1.165, 1.54) is 11.1 Å². The number of aromatic amines is 1. The second-order valence-corrected chi connectivity index (χ2v) is 11.8. The van der Waals surface area contributed by atoms with Crippen molar-refractivity contribution in [3.8, 4) is 11.7 Å². The van der Waals surface area contributed by atoms with E-state index in [4.69, 9.17) is 9.84 Å². The quantitative estimate of drug-likeness (QED) is 0.193. The van der Waals surface area contributed by atoms with Gasteiger partial charge in [0.25, 0.3) is 5.95 Å². The monoisotopic (exact) mass is 533 g/mol. The molecule has 8 nitrogen and oxygen atoms in total. The molecule has 0 bridgehead atoms. The number of aromatic nitrogens is 6. The molecule has 0 saturated heterocycles. The highest BCUT2D eigenvalue weighted by atomic mass is 16.5. The van der Waals surface area contributed by atoms with Crippen LogP contribution in [0.2, 0.25) is 0 Å². The summed E-state index contributed by atoms with van der Waals surface area (Å²) in [4.78, 5) is 0. The second kappa shape index (κ2) is 11.4. The van der Waals surface area contributed by atoms with Gasteiger partial charge in [-0.05, 0) is 60.6 Å². The van der Waals surface area contributed by atoms with Crippen LogP contribution < -0.4 is 10.1 Å². The molecule has 212 valence electrons. The van der Waals surface area contributed by atoms with Gasteiger partial charge in [0, 0.05) is 17.3 Å². The molecule has 0 aliphatic rings. The normalized spacial score (nSPS) is 13.3. The van der Waals surface area contributed by atoms with Crippen molar-refractivity contribution in [2.24, 2.45) is 0 Å². The first-order valence-electron chi connectivity index (χ1n) is 14.6. The maximum absolute atomic E-state index is 6.67. The minimum atomic E-state index is 0.0135. The molecule has 0 fully saturated rings. The summed E-state index contributed by atoms with van der Waals surface area (Å²) in [6.45, 7) is 20.8. The highest BCUT2D eigenvalue weighted by Gasteiger charge is 2.27. The Morgan fingerprint density at radius 1 is 0.923 bits per heavy atom. The maximum atomic E-state index is 6.67. The number of hydrogen-bond acceptors (Lipinski definition) is 5. The van der Waals surface area contributed by atoms with E-state index in [1.54, 1.807) is 0 Å². The molecule has 0 amide bonds. The van der Waals surface area contributed by atoms with Crippen LogP contribution in [0.3, 0.4) is 0 Å². The van der Waals surface area contributed by atoms with Gasteiger partial charge in [0.2, 0.25) is 0 Å². The summed E-state index contributed by atoms with van der Waals surface area (Å²) in [5.74, 6) is 2.52. The van der Waals surface area contributed by atoms with Crippen molar-refractivity contribution < 1.29 is 4.74 Å². The molecule has 3 aromatic heterocycles. The van der Waals surface area contributed by atoms with Crippen molar-refractivity contribution >= 4 is 11.5 Å². The van der Waals surface area contributed by atoms with Gasteiger partial charge in [0.1, 0.15) is 17.7 Å². The van der Waals surface area contributed by atoms with Gasteiger partial charge in [-0.3, -0.25) is 5.10 Å². The van der Waals surface area contributed by atoms with E-state index in [2.05, 4.69) is 107 Å². The van der Waals surface area contributed by atoms with Crippen molar-refractivity contribution in [3.63, 3.8) is 0 Å². The number of nitrogens with one attached hydrogen (secondary N) is 2. The number of nitrogens with zero attached hydrogens (tertiary/aromatic N) is 5. The van der Waals surface area contributed by atoms with E-state index in [1.807, 2.05) is 15.3 Å². The predicted octanol–water partition coefficient (Wildman–Crippen LogP) is 7.01. The second-order valence-electron chi connectivity index (χ2n) is 11.8. The van der Waals surface area contributed by atoms with Crippen molar-refractivity contribution in [2.75, 3.05) is 11.9 Å². The van der Waals surface area contributed by atoms with E-state index in [0.29, 0.717) is 12.5 Å². The summed E-state index contributed by atoms with van der Waals surface area (Å²) < 4.78 is 10.4. The van der Waals surface area contributed by atoms with Gasteiger partial charge in [-0.2, -0.15) is 9.61 Å². The zero-order chi connectivity index (χ0) is 28.4. The third-order valence-electron chi connectivity index (χ3n) is 8.45. The molecule has 8 heteroatoms. The molecule has 4 aromatic rings. The lowest BCUT2D eigenvalue weighted by molar-refractivity contribution is 0.204. The third kappa shape index (κ3) is 5.85. The Bertz CT molecular complexity index is 1390. The lowest BCUT2D eigenvalue weighted by Crippen LogP contribution is -2.28. The molecule has 0 spiro atoms. The summed E-state index contributed by atoms with van der Waals surface area (Å²) in [5.41, 5.74) is 5.72. The fourth-order valence-electron chi connectivity index (χ4n) is 4.72. The van der Waals surface area contributed by atoms with Crippen LogP contribution in [0.5, 0.6) is 5.75 Å². The molecule has 4 rings (SSSR count). The number of fused-ring (bicyclic) bond motifs is 1. The van der Waals surface area contributed by atoms with Gasteiger partial charge < -0.3 is 10.1 Å². The molecule has 0 radical (unpaired) electrons. The van der Waals surface area contributed by atoms with E-state index < -0.39 is 0 Å². The van der Waals surface area contributed by atoms with Crippen molar-refractivity contribution in [1.29, 1.82) is 0 Å². The third-order valence-corrected chi connectivity index (χ3v) is 8.45. The fourth-order valence-corrected chi connectivity index (χ4v) is 4.72. The van der Waals surface area contributed by atoms with Crippen LogP contribution in [-0.4, -0.2) is 42.2 Å². The van der Waals surface area contributed by atoms with Crippen LogP contribution in [0.25, 0.3) is 11.6 Å². The van der Waals surface area contributed by atoms with E-state index in [-0.39, 0.29) is 16.9 Å². The van der Waals surface area contributed by atoms with Crippen LogP contribution >= 0.6 is 0 Å². The highest BCUT2D eigenvalue weighted by molar-refractivity contribution is 5.52. The van der Waals surface area contributed by atoms with E-state index in [0.717, 1.165) is 60.7 Å². The number of ether oxygens (including phenoxy) is 1. The molecule has 0 saturated carbocycles. The standard InChI is InChI=1S/C31H47N7O/c1-10-22-18-23(11-2)37(35-22)29-34-33-28-19-27(36-38(28)29)32-20-24(12-3)39-26-16-15-21(30(6,7)13-4)17-25(26)31(8,9)14-5/h15-19,24,32,36H,10-14,20H2,1-9H3. The first-order chi connectivity index (χ1) is 18.6. The Hall–Kier alpha value is -3.29. The smallest absolute Gasteiger partial charge is 0.271 e. The van der Waals surface area contributed by atoms with E-state index >= 15 is 0 Å². The summed E-state index contributed by atoms with van der Waals surface area (Å²) in [6.07, 6.45) is 4.80. The van der Waals surface area contributed by atoms with Gasteiger partial charge in [-0.15, -0.1) is 10.2 Å². The van der Waals surface area contributed by atoms with Crippen LogP contribution in [0.4, 0.5) is 5.82 Å².